The van der Waals surface area contributed by atoms with Crippen LogP contribution in [0.2, 0.25) is 0 Å². The van der Waals surface area contributed by atoms with Crippen LogP contribution in [-0.2, 0) is 4.74 Å². The van der Waals surface area contributed by atoms with Gasteiger partial charge in [0, 0.05) is 22.8 Å². The number of nitrogens with two attached hydrogens (primary N) is 1. The fourth-order valence-corrected chi connectivity index (χ4v) is 2.67. The maximum absolute atomic E-state index is 11.1. The second-order valence-corrected chi connectivity index (χ2v) is 4.77. The van der Waals surface area contributed by atoms with Gasteiger partial charge >= 0.3 is 0 Å². The van der Waals surface area contributed by atoms with E-state index in [1.54, 1.807) is 6.07 Å². The van der Waals surface area contributed by atoms with Crippen LogP contribution in [-0.4, -0.2) is 13.0 Å². The molecular weight excluding hydrogens is 246 g/mol. The molecule has 0 spiro atoms. The minimum absolute atomic E-state index is 0.421. The molecule has 1 aromatic heterocycles. The van der Waals surface area contributed by atoms with Crippen molar-refractivity contribution < 1.29 is 9.53 Å². The van der Waals surface area contributed by atoms with Gasteiger partial charge in [-0.25, -0.2) is 0 Å². The van der Waals surface area contributed by atoms with E-state index in [1.807, 2.05) is 18.2 Å². The lowest BCUT2D eigenvalue weighted by Gasteiger charge is -2.08. The van der Waals surface area contributed by atoms with E-state index in [0.29, 0.717) is 4.88 Å². The topological polar surface area (TPSA) is 52.3 Å². The predicted octanol–water partition coefficient (Wildman–Crippen LogP) is 2.88. The van der Waals surface area contributed by atoms with Gasteiger partial charge < -0.3 is 10.5 Å². The molecule has 0 aliphatic carbocycles. The number of hydrogen-bond donors (Lipinski definition) is 1. The molecule has 1 atom stereocenters. The Morgan fingerprint density at radius 1 is 1.56 bits per heavy atom. The summed E-state index contributed by atoms with van der Waals surface area (Å²) in [7, 11) is 1.54. The fraction of sp³-hybridized carbons (Fsp3) is 0.182. The highest BCUT2D eigenvalue weighted by atomic mass is 35.5. The van der Waals surface area contributed by atoms with Gasteiger partial charge in [0.15, 0.2) is 5.56 Å². The highest BCUT2D eigenvalue weighted by molar-refractivity contribution is 7.20. The number of benzene rings is 1. The molecule has 2 rings (SSSR count). The van der Waals surface area contributed by atoms with Gasteiger partial charge in [0.25, 0.3) is 5.91 Å². The summed E-state index contributed by atoms with van der Waals surface area (Å²) in [6.07, 6.45) is 0. The van der Waals surface area contributed by atoms with Crippen LogP contribution >= 0.6 is 22.9 Å². The van der Waals surface area contributed by atoms with Crippen LogP contribution in [0.1, 0.15) is 20.8 Å². The van der Waals surface area contributed by atoms with Gasteiger partial charge in [-0.05, 0) is 12.1 Å². The molecule has 1 amide bonds. The van der Waals surface area contributed by atoms with E-state index in [9.17, 15) is 4.79 Å². The normalized spacial score (nSPS) is 12.9. The first-order valence-corrected chi connectivity index (χ1v) is 5.88. The van der Waals surface area contributed by atoms with Crippen molar-refractivity contribution in [2.75, 3.05) is 7.11 Å². The molecule has 2 aromatic rings. The van der Waals surface area contributed by atoms with E-state index < -0.39 is 11.5 Å². The van der Waals surface area contributed by atoms with Gasteiger partial charge in [0.05, 0.1) is 4.88 Å². The summed E-state index contributed by atoms with van der Waals surface area (Å²) < 4.78 is 6.05. The first kappa shape index (κ1) is 11.4. The summed E-state index contributed by atoms with van der Waals surface area (Å²) in [5.74, 6) is -0.421. The maximum Gasteiger partial charge on any atom is 0.258 e. The third-order valence-electron chi connectivity index (χ3n) is 2.29. The first-order valence-electron chi connectivity index (χ1n) is 4.62. The number of carbonyl (C=O) groups excluding carboxylic acids is 1. The van der Waals surface area contributed by atoms with Gasteiger partial charge in [0.1, 0.15) is 0 Å². The summed E-state index contributed by atoms with van der Waals surface area (Å²) in [6, 6.07) is 7.44. The van der Waals surface area contributed by atoms with E-state index in [0.717, 1.165) is 15.6 Å². The Bertz CT molecular complexity index is 538. The number of alkyl halides is 1. The van der Waals surface area contributed by atoms with Crippen molar-refractivity contribution in [1.82, 2.24) is 0 Å². The third kappa shape index (κ3) is 1.91. The number of methoxy groups -OCH3 is 1. The van der Waals surface area contributed by atoms with E-state index in [-0.39, 0.29) is 0 Å². The molecular formula is C11H10ClNO2S. The largest absolute Gasteiger partial charge is 0.365 e. The number of hydrogen-bond acceptors (Lipinski definition) is 3. The van der Waals surface area contributed by atoms with E-state index >= 15 is 0 Å². The first-order chi connectivity index (χ1) is 7.63. The Kier molecular flexibility index (Phi) is 3.14. The Balaban J connectivity index is 2.63. The molecule has 84 valence electrons. The zero-order chi connectivity index (χ0) is 11.7. The van der Waals surface area contributed by atoms with Crippen LogP contribution in [0.5, 0.6) is 0 Å². The molecule has 0 saturated carbocycles. The minimum Gasteiger partial charge on any atom is -0.365 e. The lowest BCUT2D eigenvalue weighted by Crippen LogP contribution is -2.08. The lowest BCUT2D eigenvalue weighted by atomic mass is 10.1. The molecule has 0 bridgehead atoms. The molecule has 1 aromatic carbocycles. The average Bonchev–Trinajstić information content (AvgIpc) is 2.71. The Hall–Kier alpha value is -1.10. The lowest BCUT2D eigenvalue weighted by molar-refractivity contribution is 0.100. The van der Waals surface area contributed by atoms with Crippen LogP contribution in [0.15, 0.2) is 24.3 Å². The average molecular weight is 256 g/mol. The number of ether oxygens (including phenoxy) is 1. The Labute approximate surface area is 102 Å². The second kappa shape index (κ2) is 4.41. The molecule has 0 saturated heterocycles. The van der Waals surface area contributed by atoms with Crippen molar-refractivity contribution in [3.05, 3.63) is 34.7 Å². The van der Waals surface area contributed by atoms with Crippen molar-refractivity contribution >= 4 is 38.9 Å². The Morgan fingerprint density at radius 2 is 2.31 bits per heavy atom. The molecule has 5 heteroatoms. The molecule has 16 heavy (non-hydrogen) atoms. The zero-order valence-electron chi connectivity index (χ0n) is 8.57. The summed E-state index contributed by atoms with van der Waals surface area (Å²) >= 11 is 7.38. The number of amides is 1. The maximum atomic E-state index is 11.1. The monoisotopic (exact) mass is 255 g/mol. The van der Waals surface area contributed by atoms with Gasteiger partial charge in [-0.3, -0.25) is 4.79 Å². The van der Waals surface area contributed by atoms with Crippen LogP contribution < -0.4 is 5.73 Å². The quantitative estimate of drug-likeness (QED) is 0.858. The third-order valence-corrected chi connectivity index (χ3v) is 3.82. The number of carbonyl (C=O) groups is 1. The van der Waals surface area contributed by atoms with Crippen LogP contribution in [0, 0.1) is 0 Å². The highest BCUT2D eigenvalue weighted by Crippen LogP contribution is 2.33. The van der Waals surface area contributed by atoms with E-state index in [2.05, 4.69) is 0 Å². The van der Waals surface area contributed by atoms with Crippen LogP contribution in [0.25, 0.3) is 10.1 Å². The molecule has 0 aliphatic rings. The van der Waals surface area contributed by atoms with Crippen molar-refractivity contribution in [1.29, 1.82) is 0 Å². The molecule has 0 aliphatic heterocycles. The number of rotatable bonds is 3. The Morgan fingerprint density at radius 3 is 2.94 bits per heavy atom. The van der Waals surface area contributed by atoms with Gasteiger partial charge in [-0.1, -0.05) is 23.7 Å². The van der Waals surface area contributed by atoms with Crippen molar-refractivity contribution in [3.63, 3.8) is 0 Å². The van der Waals surface area contributed by atoms with Gasteiger partial charge in [-0.2, -0.15) is 0 Å². The van der Waals surface area contributed by atoms with E-state index in [1.165, 1.54) is 18.4 Å². The second-order valence-electron chi connectivity index (χ2n) is 3.29. The molecule has 3 nitrogen and oxygen atoms in total. The summed E-state index contributed by atoms with van der Waals surface area (Å²) in [5.41, 5.74) is 5.58. The van der Waals surface area contributed by atoms with Gasteiger partial charge in [-0.15, -0.1) is 11.3 Å². The van der Waals surface area contributed by atoms with Crippen molar-refractivity contribution in [3.8, 4) is 0 Å². The van der Waals surface area contributed by atoms with E-state index in [4.69, 9.17) is 22.1 Å². The fourth-order valence-electron chi connectivity index (χ4n) is 1.53. The molecule has 2 N–H and O–H groups in total. The number of thiophene rings is 1. The molecule has 1 heterocycles. The molecule has 1 unspecified atom stereocenters. The zero-order valence-corrected chi connectivity index (χ0v) is 10.1. The van der Waals surface area contributed by atoms with Crippen LogP contribution in [0.3, 0.4) is 0 Å². The SMILES string of the molecule is COC(Cl)c1cccc2sc(C(N)=O)cc12. The molecule has 0 fully saturated rings. The summed E-state index contributed by atoms with van der Waals surface area (Å²) in [6.45, 7) is 0. The number of halogens is 1. The number of fused-ring (bicyclic) bond motifs is 1. The highest BCUT2D eigenvalue weighted by Gasteiger charge is 2.14. The summed E-state index contributed by atoms with van der Waals surface area (Å²) in [5, 5.41) is 0.920. The van der Waals surface area contributed by atoms with Crippen molar-refractivity contribution in [2.45, 2.75) is 5.56 Å². The standard InChI is InChI=1S/C11H10ClNO2S/c1-15-10(12)6-3-2-4-8-7(6)5-9(16-8)11(13)14/h2-5,10H,1H3,(H2,13,14). The van der Waals surface area contributed by atoms with Crippen LogP contribution in [0.4, 0.5) is 0 Å². The number of primary amides is 1. The van der Waals surface area contributed by atoms with Crippen molar-refractivity contribution in [2.24, 2.45) is 5.73 Å². The predicted molar refractivity (Wildman–Crippen MR) is 65.9 cm³/mol. The smallest absolute Gasteiger partial charge is 0.258 e. The van der Waals surface area contributed by atoms with Gasteiger partial charge in [0.2, 0.25) is 0 Å². The summed E-state index contributed by atoms with van der Waals surface area (Å²) in [4.78, 5) is 11.6. The minimum atomic E-state index is -0.515. The molecule has 0 radical (unpaired) electrons.